The van der Waals surface area contributed by atoms with E-state index in [0.29, 0.717) is 0 Å². The molecule has 0 saturated heterocycles. The van der Waals surface area contributed by atoms with Crippen LogP contribution in [-0.4, -0.2) is 48.0 Å². The van der Waals surface area contributed by atoms with Crippen LogP contribution in [-0.2, 0) is 14.4 Å². The quantitative estimate of drug-likeness (QED) is 0.569. The molecule has 0 bridgehead atoms. The van der Waals surface area contributed by atoms with Gasteiger partial charge >= 0.3 is 6.03 Å². The van der Waals surface area contributed by atoms with Gasteiger partial charge in [0.15, 0.2) is 17.3 Å². The SMILES string of the molecule is CCC(=O)C1C(=O)CC([N+](C)(C)C(N)=O)CC1=O. The summed E-state index contributed by atoms with van der Waals surface area (Å²) < 4.78 is -0.218. The highest BCUT2D eigenvalue weighted by Gasteiger charge is 2.46. The molecule has 1 fully saturated rings. The summed E-state index contributed by atoms with van der Waals surface area (Å²) in [5.74, 6) is -2.25. The lowest BCUT2D eigenvalue weighted by Gasteiger charge is -2.36. The monoisotopic (exact) mass is 255 g/mol. The Labute approximate surface area is 106 Å². The van der Waals surface area contributed by atoms with Crippen molar-refractivity contribution < 1.29 is 23.7 Å². The molecular formula is C12H19N2O4+. The van der Waals surface area contributed by atoms with Crippen molar-refractivity contribution in [1.29, 1.82) is 0 Å². The predicted octanol–water partition coefficient (Wildman–Crippen LogP) is 0.0374. The first-order valence-corrected chi connectivity index (χ1v) is 5.93. The summed E-state index contributed by atoms with van der Waals surface area (Å²) in [6.07, 6.45) is 0.247. The van der Waals surface area contributed by atoms with Gasteiger partial charge in [-0.25, -0.2) is 9.28 Å². The Morgan fingerprint density at radius 3 is 2.00 bits per heavy atom. The molecule has 6 heteroatoms. The van der Waals surface area contributed by atoms with Crippen LogP contribution in [0.2, 0.25) is 0 Å². The summed E-state index contributed by atoms with van der Waals surface area (Å²) in [5.41, 5.74) is 5.26. The fourth-order valence-corrected chi connectivity index (χ4v) is 2.15. The summed E-state index contributed by atoms with van der Waals surface area (Å²) in [4.78, 5) is 46.6. The number of carbonyl (C=O) groups excluding carboxylic acids is 4. The van der Waals surface area contributed by atoms with Gasteiger partial charge in [-0.3, -0.25) is 14.4 Å². The number of ketones is 3. The lowest BCUT2D eigenvalue weighted by molar-refractivity contribution is -0.834. The molecule has 0 aromatic heterocycles. The van der Waals surface area contributed by atoms with Gasteiger partial charge in [0.2, 0.25) is 0 Å². The molecule has 18 heavy (non-hydrogen) atoms. The van der Waals surface area contributed by atoms with Crippen molar-refractivity contribution in [1.82, 2.24) is 0 Å². The van der Waals surface area contributed by atoms with Crippen LogP contribution < -0.4 is 5.73 Å². The van der Waals surface area contributed by atoms with Crippen molar-refractivity contribution in [2.45, 2.75) is 32.2 Å². The molecule has 0 spiro atoms. The molecule has 2 N–H and O–H groups in total. The minimum Gasteiger partial charge on any atom is -0.319 e. The minimum absolute atomic E-state index is 0.0398. The lowest BCUT2D eigenvalue weighted by Crippen LogP contribution is -2.60. The van der Waals surface area contributed by atoms with Crippen LogP contribution in [0, 0.1) is 5.92 Å². The summed E-state index contributed by atoms with van der Waals surface area (Å²) in [7, 11) is 3.13. The predicted molar refractivity (Wildman–Crippen MR) is 63.5 cm³/mol. The second-order valence-corrected chi connectivity index (χ2v) is 5.13. The van der Waals surface area contributed by atoms with Gasteiger partial charge in [-0.1, -0.05) is 6.92 Å². The third kappa shape index (κ3) is 2.48. The van der Waals surface area contributed by atoms with Crippen LogP contribution in [0.3, 0.4) is 0 Å². The molecule has 0 aromatic rings. The highest BCUT2D eigenvalue weighted by molar-refractivity contribution is 6.20. The summed E-state index contributed by atoms with van der Waals surface area (Å²) >= 11 is 0. The standard InChI is InChI=1S/C12H18N2O4/c1-4-8(15)11-9(16)5-7(6-10(11)17)14(2,3)12(13)18/h7,11H,4-6H2,1-3H3,(H-,13,18)/p+1. The van der Waals surface area contributed by atoms with Gasteiger partial charge < -0.3 is 5.73 Å². The smallest absolute Gasteiger partial charge is 0.319 e. The average Bonchev–Trinajstić information content (AvgIpc) is 2.27. The van der Waals surface area contributed by atoms with E-state index in [0.717, 1.165) is 0 Å². The van der Waals surface area contributed by atoms with E-state index >= 15 is 0 Å². The molecule has 0 atom stereocenters. The van der Waals surface area contributed by atoms with Gasteiger partial charge in [-0.2, -0.15) is 0 Å². The van der Waals surface area contributed by atoms with Crippen molar-refractivity contribution >= 4 is 23.4 Å². The Kier molecular flexibility index (Phi) is 4.01. The van der Waals surface area contributed by atoms with Crippen LogP contribution in [0.15, 0.2) is 0 Å². The molecule has 1 aliphatic carbocycles. The van der Waals surface area contributed by atoms with Gasteiger partial charge in [-0.15, -0.1) is 0 Å². The third-order valence-corrected chi connectivity index (χ3v) is 3.67. The first-order chi connectivity index (χ1) is 8.21. The summed E-state index contributed by atoms with van der Waals surface area (Å²) in [5, 5.41) is 0. The van der Waals surface area contributed by atoms with Crippen molar-refractivity contribution in [3.05, 3.63) is 0 Å². The van der Waals surface area contributed by atoms with Gasteiger partial charge in [0.05, 0.1) is 26.9 Å². The second-order valence-electron chi connectivity index (χ2n) is 5.13. The largest absolute Gasteiger partial charge is 0.413 e. The van der Waals surface area contributed by atoms with Gasteiger partial charge in [-0.05, 0) is 0 Å². The van der Waals surface area contributed by atoms with E-state index in [1.54, 1.807) is 21.0 Å². The topological polar surface area (TPSA) is 94.3 Å². The fraction of sp³-hybridized carbons (Fsp3) is 0.667. The van der Waals surface area contributed by atoms with Crippen molar-refractivity contribution in [2.75, 3.05) is 14.1 Å². The maximum Gasteiger partial charge on any atom is 0.413 e. The maximum absolute atomic E-state index is 11.9. The Bertz CT molecular complexity index is 396. The average molecular weight is 255 g/mol. The zero-order valence-corrected chi connectivity index (χ0v) is 10.9. The molecule has 0 unspecified atom stereocenters. The van der Waals surface area contributed by atoms with Crippen molar-refractivity contribution in [3.8, 4) is 0 Å². The first-order valence-electron chi connectivity index (χ1n) is 5.93. The second kappa shape index (κ2) is 4.97. The third-order valence-electron chi connectivity index (χ3n) is 3.67. The van der Waals surface area contributed by atoms with Crippen molar-refractivity contribution in [3.63, 3.8) is 0 Å². The van der Waals surface area contributed by atoms with E-state index in [2.05, 4.69) is 0 Å². The van der Waals surface area contributed by atoms with E-state index in [1.807, 2.05) is 0 Å². The van der Waals surface area contributed by atoms with Gasteiger partial charge in [0.1, 0.15) is 12.0 Å². The molecule has 1 rings (SSSR count). The zero-order valence-electron chi connectivity index (χ0n) is 10.9. The fourth-order valence-electron chi connectivity index (χ4n) is 2.15. The van der Waals surface area contributed by atoms with Gasteiger partial charge in [0, 0.05) is 6.42 Å². The molecular weight excluding hydrogens is 236 g/mol. The molecule has 0 aliphatic heterocycles. The molecule has 0 radical (unpaired) electrons. The van der Waals surface area contributed by atoms with Crippen LogP contribution in [0.1, 0.15) is 26.2 Å². The number of nitrogens with zero attached hydrogens (tertiary/aromatic N) is 1. The normalized spacial score (nSPS) is 25.1. The Morgan fingerprint density at radius 1 is 1.22 bits per heavy atom. The van der Waals surface area contributed by atoms with Crippen LogP contribution in [0.5, 0.6) is 0 Å². The van der Waals surface area contributed by atoms with Gasteiger partial charge in [0.25, 0.3) is 0 Å². The maximum atomic E-state index is 11.9. The molecule has 100 valence electrons. The first kappa shape index (κ1) is 14.5. The number of rotatable bonds is 3. The lowest BCUT2D eigenvalue weighted by atomic mass is 9.79. The van der Waals surface area contributed by atoms with E-state index in [1.165, 1.54) is 0 Å². The molecule has 6 nitrogen and oxygen atoms in total. The number of nitrogens with two attached hydrogens (primary N) is 1. The van der Waals surface area contributed by atoms with E-state index in [9.17, 15) is 19.2 Å². The van der Waals surface area contributed by atoms with Crippen LogP contribution >= 0.6 is 0 Å². The number of quaternary nitrogens is 1. The highest BCUT2D eigenvalue weighted by Crippen LogP contribution is 2.26. The molecule has 0 heterocycles. The summed E-state index contributed by atoms with van der Waals surface area (Å²) in [6, 6.07) is -1.07. The number of urea groups is 1. The Hall–Kier alpha value is -1.56. The number of carbonyl (C=O) groups is 4. The number of Topliss-reactive ketones (excluding diaryl/α,β-unsaturated/α-hetero) is 3. The molecule has 1 saturated carbocycles. The van der Waals surface area contributed by atoms with Crippen molar-refractivity contribution in [2.24, 2.45) is 11.7 Å². The van der Waals surface area contributed by atoms with Crippen LogP contribution in [0.25, 0.3) is 0 Å². The number of hydrogen-bond donors (Lipinski definition) is 1. The summed E-state index contributed by atoms with van der Waals surface area (Å²) in [6.45, 7) is 1.62. The number of primary amides is 1. The molecule has 1 aliphatic rings. The minimum atomic E-state index is -1.13. The Balaban J connectivity index is 2.92. The number of hydrogen-bond acceptors (Lipinski definition) is 4. The van der Waals surface area contributed by atoms with E-state index < -0.39 is 29.6 Å². The van der Waals surface area contributed by atoms with Crippen LogP contribution in [0.4, 0.5) is 4.79 Å². The van der Waals surface area contributed by atoms with E-state index in [-0.39, 0.29) is 29.5 Å². The number of amides is 2. The Morgan fingerprint density at radius 2 is 1.67 bits per heavy atom. The molecule has 0 aromatic carbocycles. The zero-order chi connectivity index (χ0) is 14.1. The van der Waals surface area contributed by atoms with E-state index in [4.69, 9.17) is 5.73 Å². The highest BCUT2D eigenvalue weighted by atomic mass is 16.2. The molecule has 2 amide bonds.